The first-order valence-corrected chi connectivity index (χ1v) is 10.9. The number of aliphatic hydroxyl groups is 1. The predicted molar refractivity (Wildman–Crippen MR) is 110 cm³/mol. The number of rotatable bonds is 9. The SMILES string of the molecule is N#Cc1cccc(CONC2=CCN(S(=O)(=O)c3ccc(OCCO)cc3)CC2)c1. The fraction of sp³-hybridized carbons (Fsp3) is 0.286. The number of nitriles is 1. The Kier molecular flexibility index (Phi) is 7.43. The third-order valence-corrected chi connectivity index (χ3v) is 6.37. The average Bonchev–Trinajstić information content (AvgIpc) is 2.78. The normalized spacial score (nSPS) is 14.6. The molecule has 158 valence electrons. The Bertz CT molecular complexity index is 1030. The molecule has 30 heavy (non-hydrogen) atoms. The molecule has 1 heterocycles. The number of nitrogens with zero attached hydrogens (tertiary/aromatic N) is 2. The molecule has 8 nitrogen and oxygen atoms in total. The lowest BCUT2D eigenvalue weighted by molar-refractivity contribution is 0.0453. The van der Waals surface area contributed by atoms with Crippen molar-refractivity contribution in [3.8, 4) is 11.8 Å². The fourth-order valence-corrected chi connectivity index (χ4v) is 4.31. The zero-order chi connectivity index (χ0) is 21.4. The van der Waals surface area contributed by atoms with Crippen LogP contribution >= 0.6 is 0 Å². The molecule has 0 saturated carbocycles. The van der Waals surface area contributed by atoms with Gasteiger partial charge in [0, 0.05) is 25.2 Å². The quantitative estimate of drug-likeness (QED) is 0.586. The lowest BCUT2D eigenvalue weighted by Gasteiger charge is -2.26. The minimum atomic E-state index is -3.61. The van der Waals surface area contributed by atoms with Crippen molar-refractivity contribution in [3.63, 3.8) is 0 Å². The van der Waals surface area contributed by atoms with Crippen LogP contribution in [0.15, 0.2) is 65.2 Å². The Morgan fingerprint density at radius 1 is 1.20 bits per heavy atom. The van der Waals surface area contributed by atoms with E-state index in [0.717, 1.165) is 11.3 Å². The van der Waals surface area contributed by atoms with E-state index in [9.17, 15) is 8.42 Å². The van der Waals surface area contributed by atoms with Crippen LogP contribution in [0, 0.1) is 11.3 Å². The predicted octanol–water partition coefficient (Wildman–Crippen LogP) is 1.93. The van der Waals surface area contributed by atoms with Gasteiger partial charge in [-0.2, -0.15) is 9.57 Å². The highest BCUT2D eigenvalue weighted by atomic mass is 32.2. The van der Waals surface area contributed by atoms with Gasteiger partial charge in [0.25, 0.3) is 0 Å². The molecule has 0 spiro atoms. The molecular weight excluding hydrogens is 406 g/mol. The van der Waals surface area contributed by atoms with E-state index in [1.165, 1.54) is 16.4 Å². The van der Waals surface area contributed by atoms with Crippen LogP contribution in [0.2, 0.25) is 0 Å². The number of hydrogen-bond donors (Lipinski definition) is 2. The molecule has 2 aromatic rings. The van der Waals surface area contributed by atoms with Gasteiger partial charge in [0.05, 0.1) is 29.7 Å². The lowest BCUT2D eigenvalue weighted by atomic mass is 10.1. The minimum Gasteiger partial charge on any atom is -0.491 e. The molecule has 0 radical (unpaired) electrons. The second-order valence-electron chi connectivity index (χ2n) is 6.59. The van der Waals surface area contributed by atoms with Gasteiger partial charge >= 0.3 is 0 Å². The standard InChI is InChI=1S/C21H23N3O5S/c22-15-17-2-1-3-18(14-17)16-29-23-19-8-10-24(11-9-19)30(26,27)21-6-4-20(5-7-21)28-13-12-25/h1-8,14,23,25H,9-13,16H2. The number of aliphatic hydroxyl groups excluding tert-OH is 1. The minimum absolute atomic E-state index is 0.105. The molecule has 0 unspecified atom stereocenters. The molecule has 0 aliphatic carbocycles. The maximum atomic E-state index is 12.8. The average molecular weight is 429 g/mol. The number of nitrogens with one attached hydrogen (secondary N) is 1. The van der Waals surface area contributed by atoms with Gasteiger partial charge in [-0.05, 0) is 48.0 Å². The zero-order valence-electron chi connectivity index (χ0n) is 16.3. The van der Waals surface area contributed by atoms with Gasteiger partial charge in [-0.15, -0.1) is 0 Å². The molecule has 2 aromatic carbocycles. The van der Waals surface area contributed by atoms with Gasteiger partial charge in [-0.25, -0.2) is 8.42 Å². The van der Waals surface area contributed by atoms with Crippen molar-refractivity contribution in [1.82, 2.24) is 9.79 Å². The van der Waals surface area contributed by atoms with Gasteiger partial charge in [-0.1, -0.05) is 12.1 Å². The van der Waals surface area contributed by atoms with E-state index in [-0.39, 0.29) is 24.7 Å². The second kappa shape index (κ2) is 10.2. The Labute approximate surface area is 176 Å². The van der Waals surface area contributed by atoms with Crippen LogP contribution in [-0.2, 0) is 21.5 Å². The van der Waals surface area contributed by atoms with Gasteiger partial charge in [0.1, 0.15) is 12.4 Å². The van der Waals surface area contributed by atoms with Crippen molar-refractivity contribution in [2.75, 3.05) is 26.3 Å². The molecule has 0 aromatic heterocycles. The first kappa shape index (κ1) is 21.8. The van der Waals surface area contributed by atoms with Gasteiger partial charge in [0.15, 0.2) is 0 Å². The summed E-state index contributed by atoms with van der Waals surface area (Å²) in [6.07, 6.45) is 2.28. The zero-order valence-corrected chi connectivity index (χ0v) is 17.1. The highest BCUT2D eigenvalue weighted by Gasteiger charge is 2.26. The van der Waals surface area contributed by atoms with Crippen molar-refractivity contribution >= 4 is 10.0 Å². The summed E-state index contributed by atoms with van der Waals surface area (Å²) in [7, 11) is -3.61. The highest BCUT2D eigenvalue weighted by Crippen LogP contribution is 2.22. The van der Waals surface area contributed by atoms with Crippen LogP contribution in [0.5, 0.6) is 5.75 Å². The van der Waals surface area contributed by atoms with Gasteiger partial charge in [0.2, 0.25) is 10.0 Å². The Hall–Kier alpha value is -2.90. The maximum absolute atomic E-state index is 12.8. The summed E-state index contributed by atoms with van der Waals surface area (Å²) in [5, 5.41) is 17.7. The van der Waals surface area contributed by atoms with Gasteiger partial charge in [-0.3, -0.25) is 10.3 Å². The highest BCUT2D eigenvalue weighted by molar-refractivity contribution is 7.89. The Morgan fingerprint density at radius 2 is 2.00 bits per heavy atom. The number of benzene rings is 2. The first-order valence-electron chi connectivity index (χ1n) is 9.42. The Morgan fingerprint density at radius 3 is 2.67 bits per heavy atom. The summed E-state index contributed by atoms with van der Waals surface area (Å²) in [5.74, 6) is 0.505. The molecule has 0 bridgehead atoms. The smallest absolute Gasteiger partial charge is 0.243 e. The van der Waals surface area contributed by atoms with E-state index in [2.05, 4.69) is 11.5 Å². The Balaban J connectivity index is 1.53. The molecule has 0 atom stereocenters. The van der Waals surface area contributed by atoms with E-state index in [1.54, 1.807) is 36.4 Å². The van der Waals surface area contributed by atoms with E-state index < -0.39 is 10.0 Å². The molecule has 3 rings (SSSR count). The summed E-state index contributed by atoms with van der Waals surface area (Å²) >= 11 is 0. The largest absolute Gasteiger partial charge is 0.491 e. The molecule has 0 saturated heterocycles. The third-order valence-electron chi connectivity index (χ3n) is 4.49. The topological polar surface area (TPSA) is 112 Å². The van der Waals surface area contributed by atoms with Crippen LogP contribution in [0.25, 0.3) is 0 Å². The van der Waals surface area contributed by atoms with Crippen LogP contribution in [0.4, 0.5) is 0 Å². The molecule has 1 aliphatic rings. The van der Waals surface area contributed by atoms with Crippen molar-refractivity contribution in [3.05, 3.63) is 71.4 Å². The van der Waals surface area contributed by atoms with Crippen molar-refractivity contribution in [2.24, 2.45) is 0 Å². The number of hydroxylamine groups is 1. The van der Waals surface area contributed by atoms with Crippen molar-refractivity contribution in [2.45, 2.75) is 17.9 Å². The van der Waals surface area contributed by atoms with Crippen LogP contribution in [-0.4, -0.2) is 44.1 Å². The fourth-order valence-electron chi connectivity index (χ4n) is 2.92. The number of sulfonamides is 1. The first-order chi connectivity index (χ1) is 14.5. The van der Waals surface area contributed by atoms with Crippen molar-refractivity contribution in [1.29, 1.82) is 5.26 Å². The molecule has 0 fully saturated rings. The van der Waals surface area contributed by atoms with E-state index in [1.807, 2.05) is 6.07 Å². The molecular formula is C21H23N3O5S. The monoisotopic (exact) mass is 429 g/mol. The van der Waals surface area contributed by atoms with E-state index in [0.29, 0.717) is 30.9 Å². The molecule has 2 N–H and O–H groups in total. The summed E-state index contributed by atoms with van der Waals surface area (Å²) in [5.41, 5.74) is 5.12. The molecule has 9 heteroatoms. The second-order valence-corrected chi connectivity index (χ2v) is 8.53. The molecule has 0 amide bonds. The summed E-state index contributed by atoms with van der Waals surface area (Å²) in [6.45, 7) is 0.911. The van der Waals surface area contributed by atoms with Crippen LogP contribution in [0.1, 0.15) is 17.5 Å². The summed E-state index contributed by atoms with van der Waals surface area (Å²) in [6, 6.07) is 15.4. The molecule has 1 aliphatic heterocycles. The van der Waals surface area contributed by atoms with E-state index in [4.69, 9.17) is 19.9 Å². The third kappa shape index (κ3) is 5.58. The van der Waals surface area contributed by atoms with Gasteiger partial charge < -0.3 is 9.84 Å². The van der Waals surface area contributed by atoms with Crippen LogP contribution < -0.4 is 10.2 Å². The van der Waals surface area contributed by atoms with Crippen molar-refractivity contribution < 1.29 is 23.1 Å². The van der Waals surface area contributed by atoms with E-state index >= 15 is 0 Å². The summed E-state index contributed by atoms with van der Waals surface area (Å²) in [4.78, 5) is 5.67. The van der Waals surface area contributed by atoms with Crippen LogP contribution in [0.3, 0.4) is 0 Å². The number of ether oxygens (including phenoxy) is 1. The maximum Gasteiger partial charge on any atom is 0.243 e. The lowest BCUT2D eigenvalue weighted by Crippen LogP contribution is -2.36. The number of hydrogen-bond acceptors (Lipinski definition) is 7. The summed E-state index contributed by atoms with van der Waals surface area (Å²) < 4.78 is 32.3.